The van der Waals surface area contributed by atoms with Crippen LogP contribution in [0.2, 0.25) is 5.02 Å². The number of benzene rings is 1. The van der Waals surface area contributed by atoms with Crippen LogP contribution in [0.1, 0.15) is 42.0 Å². The first-order valence-corrected chi connectivity index (χ1v) is 8.44. The van der Waals surface area contributed by atoms with Crippen molar-refractivity contribution in [1.82, 2.24) is 26.1 Å². The van der Waals surface area contributed by atoms with Gasteiger partial charge in [-0.15, -0.1) is 0 Å². The molecule has 1 fully saturated rings. The van der Waals surface area contributed by atoms with Gasteiger partial charge < -0.3 is 5.32 Å². The van der Waals surface area contributed by atoms with Gasteiger partial charge in [-0.2, -0.15) is 0 Å². The van der Waals surface area contributed by atoms with Crippen molar-refractivity contribution < 1.29 is 9.59 Å². The summed E-state index contributed by atoms with van der Waals surface area (Å²) < 4.78 is 0. The Hall–Kier alpha value is -2.67. The average Bonchev–Trinajstić information content (AvgIpc) is 3.45. The number of hydrogen-bond acceptors (Lipinski definition) is 4. The number of amides is 3. The van der Waals surface area contributed by atoms with E-state index in [2.05, 4.69) is 26.1 Å². The maximum absolute atomic E-state index is 12.6. The molecule has 1 aliphatic carbocycles. The average molecular weight is 360 g/mol. The Labute approximate surface area is 150 Å². The minimum atomic E-state index is -0.523. The van der Waals surface area contributed by atoms with E-state index in [1.54, 1.807) is 25.3 Å². The molecular weight excluding hydrogens is 342 g/mol. The first kappa shape index (κ1) is 17.2. The van der Waals surface area contributed by atoms with Gasteiger partial charge in [0.25, 0.3) is 5.91 Å². The minimum Gasteiger partial charge on any atom is -0.337 e. The first-order valence-electron chi connectivity index (χ1n) is 8.06. The number of rotatable bonds is 4. The van der Waals surface area contributed by atoms with Crippen molar-refractivity contribution in [3.05, 3.63) is 47.0 Å². The van der Waals surface area contributed by atoms with Crippen LogP contribution in [0.5, 0.6) is 0 Å². The molecule has 0 spiro atoms. The number of carbonyl (C=O) groups excluding carboxylic acids is 2. The minimum absolute atomic E-state index is 0.182. The van der Waals surface area contributed by atoms with Gasteiger partial charge in [0.2, 0.25) is 0 Å². The van der Waals surface area contributed by atoms with Crippen LogP contribution in [-0.4, -0.2) is 28.5 Å². The third kappa shape index (κ3) is 4.06. The largest absolute Gasteiger partial charge is 0.337 e. The molecule has 3 N–H and O–H groups in total. The summed E-state index contributed by atoms with van der Waals surface area (Å²) >= 11 is 6.25. The Bertz CT molecular complexity index is 807. The Kier molecular flexibility index (Phi) is 5.14. The lowest BCUT2D eigenvalue weighted by molar-refractivity contribution is 0.0931. The van der Waals surface area contributed by atoms with Crippen molar-refractivity contribution in [3.8, 4) is 11.1 Å². The van der Waals surface area contributed by atoms with Crippen molar-refractivity contribution in [2.24, 2.45) is 0 Å². The summed E-state index contributed by atoms with van der Waals surface area (Å²) in [5, 5.41) is 3.03. The molecule has 3 rings (SSSR count). The predicted molar refractivity (Wildman–Crippen MR) is 94.1 cm³/mol. The van der Waals surface area contributed by atoms with Gasteiger partial charge in [0.15, 0.2) is 0 Å². The fraction of sp³-hybridized carbons (Fsp3) is 0.294. The van der Waals surface area contributed by atoms with Gasteiger partial charge in [-0.25, -0.2) is 20.2 Å². The van der Waals surface area contributed by atoms with Crippen molar-refractivity contribution in [2.45, 2.75) is 25.7 Å². The Morgan fingerprint density at radius 1 is 1.20 bits per heavy atom. The van der Waals surface area contributed by atoms with Crippen LogP contribution >= 0.6 is 11.6 Å². The van der Waals surface area contributed by atoms with Gasteiger partial charge in [-0.05, 0) is 25.8 Å². The number of nitrogens with one attached hydrogen (secondary N) is 3. The normalized spacial score (nSPS) is 13.2. The molecule has 0 saturated heterocycles. The SMILES string of the molecule is CCNC(=O)NNC(=O)c1nc(C2CC2)ncc1-c1ccccc1Cl. The monoisotopic (exact) mass is 359 g/mol. The highest BCUT2D eigenvalue weighted by atomic mass is 35.5. The number of urea groups is 1. The molecule has 130 valence electrons. The van der Waals surface area contributed by atoms with Gasteiger partial charge >= 0.3 is 6.03 Å². The first-order chi connectivity index (χ1) is 12.1. The van der Waals surface area contributed by atoms with Crippen LogP contribution in [0.25, 0.3) is 11.1 Å². The molecule has 1 aliphatic rings. The van der Waals surface area contributed by atoms with Crippen LogP contribution in [0.3, 0.4) is 0 Å². The van der Waals surface area contributed by atoms with E-state index < -0.39 is 11.9 Å². The lowest BCUT2D eigenvalue weighted by atomic mass is 10.0. The fourth-order valence-corrected chi connectivity index (χ4v) is 2.60. The van der Waals surface area contributed by atoms with Crippen molar-refractivity contribution in [3.63, 3.8) is 0 Å². The molecule has 0 bridgehead atoms. The Balaban J connectivity index is 1.91. The molecule has 7 nitrogen and oxygen atoms in total. The molecule has 0 radical (unpaired) electrons. The van der Waals surface area contributed by atoms with Crippen LogP contribution in [0.15, 0.2) is 30.5 Å². The maximum atomic E-state index is 12.6. The van der Waals surface area contributed by atoms with Gasteiger partial charge in [-0.3, -0.25) is 10.2 Å². The highest BCUT2D eigenvalue weighted by Crippen LogP contribution is 2.39. The molecule has 2 aromatic rings. The van der Waals surface area contributed by atoms with E-state index >= 15 is 0 Å². The summed E-state index contributed by atoms with van der Waals surface area (Å²) in [6, 6.07) is 6.67. The van der Waals surface area contributed by atoms with Gasteiger partial charge in [0.05, 0.1) is 0 Å². The van der Waals surface area contributed by atoms with Crippen LogP contribution in [0.4, 0.5) is 4.79 Å². The highest BCUT2D eigenvalue weighted by molar-refractivity contribution is 6.33. The number of halogens is 1. The second-order valence-corrected chi connectivity index (χ2v) is 6.09. The summed E-state index contributed by atoms with van der Waals surface area (Å²) in [5.41, 5.74) is 6.02. The highest BCUT2D eigenvalue weighted by Gasteiger charge is 2.28. The Morgan fingerprint density at radius 2 is 1.96 bits per heavy atom. The molecular formula is C17H18ClN5O2. The predicted octanol–water partition coefficient (Wildman–Crippen LogP) is 2.64. The molecule has 1 heterocycles. The summed E-state index contributed by atoms with van der Waals surface area (Å²) in [7, 11) is 0. The third-order valence-corrected chi connectivity index (χ3v) is 4.09. The fourth-order valence-electron chi connectivity index (χ4n) is 2.36. The summed E-state index contributed by atoms with van der Waals surface area (Å²) in [5.74, 6) is 0.410. The zero-order valence-corrected chi connectivity index (χ0v) is 14.4. The standard InChI is InChI=1S/C17H18ClN5O2/c1-2-19-17(25)23-22-16(24)14-12(11-5-3-4-6-13(11)18)9-20-15(21-14)10-7-8-10/h3-6,9-10H,2,7-8H2,1H3,(H,22,24)(H2,19,23,25). The molecule has 3 amide bonds. The summed E-state index contributed by atoms with van der Waals surface area (Å²) in [4.78, 5) is 32.8. The van der Waals surface area contributed by atoms with E-state index in [-0.39, 0.29) is 5.69 Å². The maximum Gasteiger partial charge on any atom is 0.333 e. The van der Waals surface area contributed by atoms with Crippen LogP contribution < -0.4 is 16.2 Å². The molecule has 1 aromatic carbocycles. The second kappa shape index (κ2) is 7.48. The van der Waals surface area contributed by atoms with Crippen molar-refractivity contribution in [1.29, 1.82) is 0 Å². The van der Waals surface area contributed by atoms with Crippen molar-refractivity contribution >= 4 is 23.5 Å². The van der Waals surface area contributed by atoms with E-state index in [1.165, 1.54) is 0 Å². The third-order valence-electron chi connectivity index (χ3n) is 3.76. The number of hydrazine groups is 1. The number of aromatic nitrogens is 2. The summed E-state index contributed by atoms with van der Waals surface area (Å²) in [6.45, 7) is 2.23. The molecule has 0 aliphatic heterocycles. The van der Waals surface area contributed by atoms with Crippen molar-refractivity contribution in [2.75, 3.05) is 6.54 Å². The van der Waals surface area contributed by atoms with Crippen LogP contribution in [-0.2, 0) is 0 Å². The van der Waals surface area contributed by atoms with E-state index in [0.717, 1.165) is 12.8 Å². The molecule has 8 heteroatoms. The number of hydrogen-bond donors (Lipinski definition) is 3. The lowest BCUT2D eigenvalue weighted by Gasteiger charge is -2.12. The van der Waals surface area contributed by atoms with E-state index in [0.29, 0.717) is 34.4 Å². The number of nitrogens with zero attached hydrogens (tertiary/aromatic N) is 2. The zero-order valence-electron chi connectivity index (χ0n) is 13.7. The van der Waals surface area contributed by atoms with E-state index in [9.17, 15) is 9.59 Å². The second-order valence-electron chi connectivity index (χ2n) is 5.68. The molecule has 0 unspecified atom stereocenters. The van der Waals surface area contributed by atoms with Gasteiger partial charge in [0.1, 0.15) is 11.5 Å². The lowest BCUT2D eigenvalue weighted by Crippen LogP contribution is -2.47. The molecule has 25 heavy (non-hydrogen) atoms. The summed E-state index contributed by atoms with van der Waals surface area (Å²) in [6.07, 6.45) is 3.65. The topological polar surface area (TPSA) is 96.0 Å². The van der Waals surface area contributed by atoms with E-state index in [4.69, 9.17) is 11.6 Å². The molecule has 1 saturated carbocycles. The van der Waals surface area contributed by atoms with Gasteiger partial charge in [0, 0.05) is 34.8 Å². The van der Waals surface area contributed by atoms with Gasteiger partial charge in [-0.1, -0.05) is 29.8 Å². The Morgan fingerprint density at radius 3 is 2.64 bits per heavy atom. The van der Waals surface area contributed by atoms with E-state index in [1.807, 2.05) is 12.1 Å². The zero-order chi connectivity index (χ0) is 17.8. The van der Waals surface area contributed by atoms with Crippen LogP contribution in [0, 0.1) is 0 Å². The number of carbonyl (C=O) groups is 2. The molecule has 0 atom stereocenters. The smallest absolute Gasteiger partial charge is 0.333 e. The molecule has 1 aromatic heterocycles. The quantitative estimate of drug-likeness (QED) is 0.731.